The number of anilines is 1. The second kappa shape index (κ2) is 8.89. The molecule has 0 heterocycles. The van der Waals surface area contributed by atoms with Gasteiger partial charge in [-0.3, -0.25) is 9.59 Å². The third-order valence-corrected chi connectivity index (χ3v) is 3.94. The van der Waals surface area contributed by atoms with Gasteiger partial charge in [-0.05, 0) is 30.2 Å². The van der Waals surface area contributed by atoms with Gasteiger partial charge in [0.2, 0.25) is 5.91 Å². The maximum Gasteiger partial charge on any atom is 0.251 e. The molecule has 0 bridgehead atoms. The molecule has 1 unspecified atom stereocenters. The average molecular weight is 356 g/mol. The fourth-order valence-corrected chi connectivity index (χ4v) is 2.47. The lowest BCUT2D eigenvalue weighted by atomic mass is 10.0. The Kier molecular flexibility index (Phi) is 6.60. The smallest absolute Gasteiger partial charge is 0.251 e. The molecule has 0 aliphatic heterocycles. The first-order chi connectivity index (χ1) is 12.5. The first-order valence-corrected chi connectivity index (χ1v) is 8.35. The fraction of sp³-hybridized carbons (Fsp3) is 0.300. The quantitative estimate of drug-likeness (QED) is 0.799. The number of ether oxygens (including phenoxy) is 2. The molecule has 0 aliphatic carbocycles. The number of methoxy groups -OCH3 is 2. The van der Waals surface area contributed by atoms with Gasteiger partial charge in [-0.25, -0.2) is 0 Å². The summed E-state index contributed by atoms with van der Waals surface area (Å²) in [6, 6.07) is 13.2. The lowest BCUT2D eigenvalue weighted by Crippen LogP contribution is -2.47. The van der Waals surface area contributed by atoms with Gasteiger partial charge in [-0.1, -0.05) is 32.0 Å². The first kappa shape index (κ1) is 19.3. The molecule has 0 saturated heterocycles. The summed E-state index contributed by atoms with van der Waals surface area (Å²) in [6.45, 7) is 3.75. The topological polar surface area (TPSA) is 76.7 Å². The van der Waals surface area contributed by atoms with Crippen LogP contribution in [0.1, 0.15) is 24.2 Å². The van der Waals surface area contributed by atoms with Crippen molar-refractivity contribution < 1.29 is 19.1 Å². The van der Waals surface area contributed by atoms with Crippen molar-refractivity contribution in [2.24, 2.45) is 5.92 Å². The maximum absolute atomic E-state index is 12.8. The zero-order chi connectivity index (χ0) is 19.1. The molecule has 0 radical (unpaired) electrons. The van der Waals surface area contributed by atoms with Gasteiger partial charge in [-0.2, -0.15) is 0 Å². The Morgan fingerprint density at radius 1 is 0.962 bits per heavy atom. The zero-order valence-electron chi connectivity index (χ0n) is 15.4. The largest absolute Gasteiger partial charge is 0.497 e. The van der Waals surface area contributed by atoms with E-state index in [1.54, 1.807) is 49.6 Å². The lowest BCUT2D eigenvalue weighted by molar-refractivity contribution is -0.118. The van der Waals surface area contributed by atoms with Crippen LogP contribution in [0.25, 0.3) is 0 Å². The average Bonchev–Trinajstić information content (AvgIpc) is 2.66. The minimum atomic E-state index is -0.696. The highest BCUT2D eigenvalue weighted by Gasteiger charge is 2.25. The van der Waals surface area contributed by atoms with Crippen molar-refractivity contribution in [3.63, 3.8) is 0 Å². The Morgan fingerprint density at radius 2 is 1.65 bits per heavy atom. The molecule has 6 heteroatoms. The molecule has 2 amide bonds. The van der Waals surface area contributed by atoms with Crippen molar-refractivity contribution in [2.45, 2.75) is 19.9 Å². The normalized spacial score (nSPS) is 11.6. The van der Waals surface area contributed by atoms with Crippen molar-refractivity contribution in [2.75, 3.05) is 19.5 Å². The van der Waals surface area contributed by atoms with Crippen LogP contribution >= 0.6 is 0 Å². The monoisotopic (exact) mass is 356 g/mol. The minimum Gasteiger partial charge on any atom is -0.497 e. The van der Waals surface area contributed by atoms with Crippen molar-refractivity contribution >= 4 is 17.5 Å². The van der Waals surface area contributed by atoms with E-state index < -0.39 is 6.04 Å². The Hall–Kier alpha value is -3.02. The van der Waals surface area contributed by atoms with E-state index in [0.29, 0.717) is 22.7 Å². The predicted molar refractivity (Wildman–Crippen MR) is 101 cm³/mol. The van der Waals surface area contributed by atoms with Gasteiger partial charge in [0.25, 0.3) is 5.91 Å². The highest BCUT2D eigenvalue weighted by Crippen LogP contribution is 2.29. The van der Waals surface area contributed by atoms with E-state index in [2.05, 4.69) is 10.6 Å². The van der Waals surface area contributed by atoms with Crippen molar-refractivity contribution in [1.29, 1.82) is 0 Å². The second-order valence-corrected chi connectivity index (χ2v) is 6.12. The summed E-state index contributed by atoms with van der Waals surface area (Å²) in [6.07, 6.45) is 0. The van der Waals surface area contributed by atoms with E-state index in [1.807, 2.05) is 19.9 Å². The molecule has 1 atom stereocenters. The van der Waals surface area contributed by atoms with E-state index in [0.717, 1.165) is 0 Å². The molecule has 0 aromatic heterocycles. The Balaban J connectivity index is 2.17. The van der Waals surface area contributed by atoms with Gasteiger partial charge in [-0.15, -0.1) is 0 Å². The van der Waals surface area contributed by atoms with E-state index >= 15 is 0 Å². The standard InChI is InChI=1S/C20H24N2O4/c1-13(2)18(22-19(23)14-8-6-5-7-9-14)20(24)21-16-12-15(25-3)10-11-17(16)26-4/h5-13,18H,1-4H3,(H,21,24)(H,22,23). The number of benzene rings is 2. The van der Waals surface area contributed by atoms with Gasteiger partial charge >= 0.3 is 0 Å². The number of amides is 2. The van der Waals surface area contributed by atoms with Crippen molar-refractivity contribution in [3.8, 4) is 11.5 Å². The van der Waals surface area contributed by atoms with Gasteiger partial charge in [0.15, 0.2) is 0 Å². The van der Waals surface area contributed by atoms with Gasteiger partial charge < -0.3 is 20.1 Å². The molecule has 2 aromatic rings. The van der Waals surface area contributed by atoms with Gasteiger partial charge in [0.05, 0.1) is 19.9 Å². The SMILES string of the molecule is COc1ccc(OC)c(NC(=O)C(NC(=O)c2ccccc2)C(C)C)c1. The highest BCUT2D eigenvalue weighted by atomic mass is 16.5. The molecule has 2 aromatic carbocycles. The van der Waals surface area contributed by atoms with E-state index in [-0.39, 0.29) is 17.7 Å². The van der Waals surface area contributed by atoms with E-state index in [9.17, 15) is 9.59 Å². The molecule has 138 valence electrons. The Bertz CT molecular complexity index is 760. The van der Waals surface area contributed by atoms with Crippen LogP contribution in [0.3, 0.4) is 0 Å². The molecule has 0 saturated carbocycles. The van der Waals surface area contributed by atoms with Crippen LogP contribution in [0.15, 0.2) is 48.5 Å². The number of hydrogen-bond acceptors (Lipinski definition) is 4. The van der Waals surface area contributed by atoms with Crippen molar-refractivity contribution in [1.82, 2.24) is 5.32 Å². The Morgan fingerprint density at radius 3 is 2.23 bits per heavy atom. The van der Waals surface area contributed by atoms with Crippen LogP contribution in [-0.2, 0) is 4.79 Å². The second-order valence-electron chi connectivity index (χ2n) is 6.12. The van der Waals surface area contributed by atoms with Gasteiger partial charge in [0, 0.05) is 11.6 Å². The lowest BCUT2D eigenvalue weighted by Gasteiger charge is -2.22. The van der Waals surface area contributed by atoms with Crippen LogP contribution in [-0.4, -0.2) is 32.1 Å². The molecular weight excluding hydrogens is 332 g/mol. The van der Waals surface area contributed by atoms with Crippen molar-refractivity contribution in [3.05, 3.63) is 54.1 Å². The van der Waals surface area contributed by atoms with Crippen LogP contribution in [0.2, 0.25) is 0 Å². The molecule has 26 heavy (non-hydrogen) atoms. The number of hydrogen-bond donors (Lipinski definition) is 2. The summed E-state index contributed by atoms with van der Waals surface area (Å²) in [4.78, 5) is 25.2. The molecule has 6 nitrogen and oxygen atoms in total. The van der Waals surface area contributed by atoms with Gasteiger partial charge in [0.1, 0.15) is 17.5 Å². The summed E-state index contributed by atoms with van der Waals surface area (Å²) in [5.41, 5.74) is 0.987. The highest BCUT2D eigenvalue weighted by molar-refractivity contribution is 6.01. The Labute approximate surface area is 153 Å². The van der Waals surface area contributed by atoms with E-state index in [4.69, 9.17) is 9.47 Å². The van der Waals surface area contributed by atoms with Crippen LogP contribution < -0.4 is 20.1 Å². The third kappa shape index (κ3) is 4.75. The number of carbonyl (C=O) groups excluding carboxylic acids is 2. The summed E-state index contributed by atoms with van der Waals surface area (Å²) in [5, 5.41) is 5.61. The number of rotatable bonds is 7. The number of carbonyl (C=O) groups is 2. The van der Waals surface area contributed by atoms with Crippen LogP contribution in [0.4, 0.5) is 5.69 Å². The molecule has 2 rings (SSSR count). The first-order valence-electron chi connectivity index (χ1n) is 8.35. The fourth-order valence-electron chi connectivity index (χ4n) is 2.47. The van der Waals surface area contributed by atoms with Crippen LogP contribution in [0.5, 0.6) is 11.5 Å². The summed E-state index contributed by atoms with van der Waals surface area (Å²) < 4.78 is 10.5. The predicted octanol–water partition coefficient (Wildman–Crippen LogP) is 3.10. The summed E-state index contributed by atoms with van der Waals surface area (Å²) in [5.74, 6) is 0.388. The maximum atomic E-state index is 12.8. The van der Waals surface area contributed by atoms with Crippen LogP contribution in [0, 0.1) is 5.92 Å². The van der Waals surface area contributed by atoms with E-state index in [1.165, 1.54) is 7.11 Å². The summed E-state index contributed by atoms with van der Waals surface area (Å²) >= 11 is 0. The molecule has 0 fully saturated rings. The number of nitrogens with one attached hydrogen (secondary N) is 2. The molecular formula is C20H24N2O4. The minimum absolute atomic E-state index is 0.0979. The molecule has 2 N–H and O–H groups in total. The summed E-state index contributed by atoms with van der Waals surface area (Å²) in [7, 11) is 3.07. The third-order valence-electron chi connectivity index (χ3n) is 3.94. The molecule has 0 aliphatic rings. The molecule has 0 spiro atoms. The zero-order valence-corrected chi connectivity index (χ0v) is 15.4.